The average molecular weight is 227 g/mol. The molecule has 0 atom stereocenters. The fourth-order valence-electron chi connectivity index (χ4n) is 1.74. The lowest BCUT2D eigenvalue weighted by Crippen LogP contribution is -2.08. The number of nitrogens with zero attached hydrogens (tertiary/aromatic N) is 1. The van der Waals surface area contributed by atoms with Gasteiger partial charge in [-0.05, 0) is 58.8 Å². The zero-order valence-electron chi connectivity index (χ0n) is 6.81. The molecule has 0 saturated carbocycles. The minimum absolute atomic E-state index is 0.707. The lowest BCUT2D eigenvalue weighted by Gasteiger charge is -2.16. The van der Waals surface area contributed by atoms with Gasteiger partial charge < -0.3 is 5.73 Å². The predicted octanol–water partition coefficient (Wildman–Crippen LogP) is 2.31. The van der Waals surface area contributed by atoms with E-state index >= 15 is 0 Å². The highest BCUT2D eigenvalue weighted by molar-refractivity contribution is 9.10. The van der Waals surface area contributed by atoms with Gasteiger partial charge in [-0.25, -0.2) is 4.98 Å². The number of pyridine rings is 1. The molecule has 12 heavy (non-hydrogen) atoms. The number of aryl methyl sites for hydroxylation is 1. The van der Waals surface area contributed by atoms with Crippen molar-refractivity contribution in [2.45, 2.75) is 25.7 Å². The third-order valence-corrected chi connectivity index (χ3v) is 2.75. The fraction of sp³-hybridized carbons (Fsp3) is 0.444. The summed E-state index contributed by atoms with van der Waals surface area (Å²) in [5.41, 5.74) is 8.44. The van der Waals surface area contributed by atoms with Crippen LogP contribution in [0.15, 0.2) is 10.7 Å². The maximum Gasteiger partial charge on any atom is 0.128 e. The van der Waals surface area contributed by atoms with Crippen LogP contribution in [0.25, 0.3) is 0 Å². The molecule has 0 bridgehead atoms. The first-order valence-corrected chi connectivity index (χ1v) is 5.00. The fourth-order valence-corrected chi connectivity index (χ4v) is 2.21. The standard InChI is InChI=1S/C9H11BrN2/c10-8-5-6-3-1-2-4-7(6)9(11)12-8/h5H,1-4H2,(H2,11,12). The molecule has 0 aliphatic heterocycles. The molecule has 64 valence electrons. The summed E-state index contributed by atoms with van der Waals surface area (Å²) in [4.78, 5) is 4.18. The number of anilines is 1. The van der Waals surface area contributed by atoms with E-state index in [4.69, 9.17) is 5.73 Å². The summed E-state index contributed by atoms with van der Waals surface area (Å²) < 4.78 is 0.862. The Hall–Kier alpha value is -0.570. The van der Waals surface area contributed by atoms with E-state index in [2.05, 4.69) is 27.0 Å². The molecule has 1 aliphatic carbocycles. The van der Waals surface area contributed by atoms with Gasteiger partial charge in [0.25, 0.3) is 0 Å². The van der Waals surface area contributed by atoms with E-state index in [0.29, 0.717) is 5.82 Å². The van der Waals surface area contributed by atoms with E-state index < -0.39 is 0 Å². The second kappa shape index (κ2) is 3.05. The highest BCUT2D eigenvalue weighted by atomic mass is 79.9. The number of rotatable bonds is 0. The van der Waals surface area contributed by atoms with E-state index in [0.717, 1.165) is 17.4 Å². The van der Waals surface area contributed by atoms with Crippen molar-refractivity contribution in [1.82, 2.24) is 4.98 Å². The normalized spacial score (nSPS) is 15.8. The first-order chi connectivity index (χ1) is 5.77. The Morgan fingerprint density at radius 1 is 1.33 bits per heavy atom. The summed E-state index contributed by atoms with van der Waals surface area (Å²) in [6.45, 7) is 0. The third-order valence-electron chi connectivity index (χ3n) is 2.34. The number of halogens is 1. The molecule has 1 aliphatic rings. The topological polar surface area (TPSA) is 38.9 Å². The number of nitrogens with two attached hydrogens (primary N) is 1. The molecule has 0 radical (unpaired) electrons. The first-order valence-electron chi connectivity index (χ1n) is 4.21. The van der Waals surface area contributed by atoms with Gasteiger partial charge in [0.05, 0.1) is 0 Å². The van der Waals surface area contributed by atoms with Crippen molar-refractivity contribution in [3.8, 4) is 0 Å². The molecule has 2 rings (SSSR count). The number of hydrogen-bond acceptors (Lipinski definition) is 2. The van der Waals surface area contributed by atoms with Crippen LogP contribution in [0.4, 0.5) is 5.82 Å². The van der Waals surface area contributed by atoms with Crippen molar-refractivity contribution in [1.29, 1.82) is 0 Å². The largest absolute Gasteiger partial charge is 0.383 e. The lowest BCUT2D eigenvalue weighted by molar-refractivity contribution is 0.683. The van der Waals surface area contributed by atoms with Crippen molar-refractivity contribution in [2.24, 2.45) is 0 Å². The van der Waals surface area contributed by atoms with Crippen LogP contribution in [0.5, 0.6) is 0 Å². The zero-order valence-corrected chi connectivity index (χ0v) is 8.39. The molecule has 3 heteroatoms. The van der Waals surface area contributed by atoms with Gasteiger partial charge in [0.15, 0.2) is 0 Å². The van der Waals surface area contributed by atoms with E-state index in [1.165, 1.54) is 24.0 Å². The van der Waals surface area contributed by atoms with E-state index in [-0.39, 0.29) is 0 Å². The van der Waals surface area contributed by atoms with Gasteiger partial charge in [0.2, 0.25) is 0 Å². The van der Waals surface area contributed by atoms with Crippen LogP contribution in [0.3, 0.4) is 0 Å². The minimum Gasteiger partial charge on any atom is -0.383 e. The Labute approximate surface area is 80.3 Å². The van der Waals surface area contributed by atoms with Crippen LogP contribution >= 0.6 is 15.9 Å². The van der Waals surface area contributed by atoms with Crippen LogP contribution in [0.1, 0.15) is 24.0 Å². The second-order valence-corrected chi connectivity index (χ2v) is 3.99. The quantitative estimate of drug-likeness (QED) is 0.690. The summed E-state index contributed by atoms with van der Waals surface area (Å²) in [6, 6.07) is 2.09. The van der Waals surface area contributed by atoms with Crippen LogP contribution in [-0.2, 0) is 12.8 Å². The van der Waals surface area contributed by atoms with Gasteiger partial charge in [-0.15, -0.1) is 0 Å². The summed E-state index contributed by atoms with van der Waals surface area (Å²) in [5.74, 6) is 0.707. The molecule has 2 nitrogen and oxygen atoms in total. The van der Waals surface area contributed by atoms with Gasteiger partial charge in [-0.3, -0.25) is 0 Å². The van der Waals surface area contributed by atoms with Crippen LogP contribution in [0, 0.1) is 0 Å². The molecule has 1 aromatic rings. The molecule has 0 saturated heterocycles. The predicted molar refractivity (Wildman–Crippen MR) is 53.0 cm³/mol. The van der Waals surface area contributed by atoms with Crippen LogP contribution in [-0.4, -0.2) is 4.98 Å². The molecule has 2 N–H and O–H groups in total. The Morgan fingerprint density at radius 3 is 2.92 bits per heavy atom. The van der Waals surface area contributed by atoms with E-state index in [9.17, 15) is 0 Å². The molecule has 0 aromatic carbocycles. The smallest absolute Gasteiger partial charge is 0.128 e. The molecular formula is C9H11BrN2. The minimum atomic E-state index is 0.707. The summed E-state index contributed by atoms with van der Waals surface area (Å²) in [6.07, 6.45) is 4.78. The molecule has 1 heterocycles. The molecule has 1 aromatic heterocycles. The van der Waals surface area contributed by atoms with Gasteiger partial charge in [-0.1, -0.05) is 0 Å². The lowest BCUT2D eigenvalue weighted by atomic mass is 9.93. The van der Waals surface area contributed by atoms with Crippen molar-refractivity contribution in [2.75, 3.05) is 5.73 Å². The highest BCUT2D eigenvalue weighted by Gasteiger charge is 2.13. The summed E-state index contributed by atoms with van der Waals surface area (Å²) in [7, 11) is 0. The maximum atomic E-state index is 5.80. The number of fused-ring (bicyclic) bond motifs is 1. The Balaban J connectivity index is 2.53. The first kappa shape index (κ1) is 8.05. The molecule has 0 fully saturated rings. The molecule has 0 unspecified atom stereocenters. The van der Waals surface area contributed by atoms with Crippen molar-refractivity contribution in [3.05, 3.63) is 21.8 Å². The van der Waals surface area contributed by atoms with E-state index in [1.54, 1.807) is 0 Å². The van der Waals surface area contributed by atoms with Crippen LogP contribution in [0.2, 0.25) is 0 Å². The third kappa shape index (κ3) is 1.33. The molecular weight excluding hydrogens is 216 g/mol. The highest BCUT2D eigenvalue weighted by Crippen LogP contribution is 2.27. The Morgan fingerprint density at radius 2 is 2.08 bits per heavy atom. The Bertz CT molecular complexity index is 310. The number of hydrogen-bond donors (Lipinski definition) is 1. The van der Waals surface area contributed by atoms with Gasteiger partial charge in [-0.2, -0.15) is 0 Å². The van der Waals surface area contributed by atoms with E-state index in [1.807, 2.05) is 0 Å². The number of aromatic nitrogens is 1. The van der Waals surface area contributed by atoms with Gasteiger partial charge in [0.1, 0.15) is 10.4 Å². The van der Waals surface area contributed by atoms with Crippen molar-refractivity contribution in [3.63, 3.8) is 0 Å². The summed E-state index contributed by atoms with van der Waals surface area (Å²) >= 11 is 3.35. The Kier molecular flexibility index (Phi) is 2.05. The second-order valence-electron chi connectivity index (χ2n) is 3.18. The van der Waals surface area contributed by atoms with Gasteiger partial charge in [0, 0.05) is 0 Å². The SMILES string of the molecule is Nc1nc(Br)cc2c1CCCC2. The zero-order chi connectivity index (χ0) is 8.55. The monoisotopic (exact) mass is 226 g/mol. The maximum absolute atomic E-state index is 5.80. The van der Waals surface area contributed by atoms with Crippen molar-refractivity contribution >= 4 is 21.7 Å². The van der Waals surface area contributed by atoms with Crippen molar-refractivity contribution < 1.29 is 0 Å². The number of nitrogen functional groups attached to an aromatic ring is 1. The average Bonchev–Trinajstić information content (AvgIpc) is 2.04. The summed E-state index contributed by atoms with van der Waals surface area (Å²) in [5, 5.41) is 0. The van der Waals surface area contributed by atoms with Gasteiger partial charge >= 0.3 is 0 Å². The molecule has 0 spiro atoms. The van der Waals surface area contributed by atoms with Crippen LogP contribution < -0.4 is 5.73 Å². The molecule has 0 amide bonds.